The Kier molecular flexibility index (Phi) is 11.4. The van der Waals surface area contributed by atoms with E-state index in [4.69, 9.17) is 4.74 Å². The second-order valence-corrected chi connectivity index (χ2v) is 14.6. The topological polar surface area (TPSA) is 96.0 Å². The highest BCUT2D eigenvalue weighted by molar-refractivity contribution is 9.10. The molecular formula is C37H40BrN3O5S. The second kappa shape index (κ2) is 15.6. The third-order valence-electron chi connectivity index (χ3n) is 8.47. The quantitative estimate of drug-likeness (QED) is 0.167. The average molecular weight is 719 g/mol. The molecule has 0 saturated heterocycles. The van der Waals surface area contributed by atoms with Gasteiger partial charge in [0.05, 0.1) is 17.7 Å². The number of nitrogens with one attached hydrogen (secondary N) is 1. The third kappa shape index (κ3) is 8.81. The van der Waals surface area contributed by atoms with Crippen LogP contribution in [0.1, 0.15) is 42.4 Å². The highest BCUT2D eigenvalue weighted by Crippen LogP contribution is 2.28. The summed E-state index contributed by atoms with van der Waals surface area (Å²) >= 11 is 3.48. The van der Waals surface area contributed by atoms with Gasteiger partial charge in [-0.3, -0.25) is 13.9 Å². The van der Waals surface area contributed by atoms with Crippen LogP contribution in [0.4, 0.5) is 5.69 Å². The molecule has 1 N–H and O–H groups in total. The summed E-state index contributed by atoms with van der Waals surface area (Å²) in [5.41, 5.74) is 2.88. The van der Waals surface area contributed by atoms with Crippen LogP contribution >= 0.6 is 15.9 Å². The van der Waals surface area contributed by atoms with E-state index in [0.29, 0.717) is 5.75 Å². The lowest BCUT2D eigenvalue weighted by Crippen LogP contribution is -2.54. The van der Waals surface area contributed by atoms with Crippen LogP contribution < -0.4 is 14.4 Å². The number of carbonyl (C=O) groups excluding carboxylic acids is 2. The van der Waals surface area contributed by atoms with E-state index in [-0.39, 0.29) is 35.5 Å². The van der Waals surface area contributed by atoms with E-state index in [1.165, 1.54) is 24.1 Å². The summed E-state index contributed by atoms with van der Waals surface area (Å²) in [6, 6.07) is 29.4. The van der Waals surface area contributed by atoms with Crippen molar-refractivity contribution in [3.63, 3.8) is 0 Å². The number of amides is 2. The zero-order chi connectivity index (χ0) is 33.4. The fourth-order valence-corrected chi connectivity index (χ4v) is 7.51. The van der Waals surface area contributed by atoms with Crippen molar-refractivity contribution in [1.29, 1.82) is 0 Å². The van der Waals surface area contributed by atoms with Crippen LogP contribution in [0.15, 0.2) is 112 Å². The van der Waals surface area contributed by atoms with Gasteiger partial charge in [0, 0.05) is 29.5 Å². The number of hydrogen-bond donors (Lipinski definition) is 1. The van der Waals surface area contributed by atoms with E-state index < -0.39 is 28.5 Å². The van der Waals surface area contributed by atoms with Crippen LogP contribution in [-0.2, 0) is 32.6 Å². The van der Waals surface area contributed by atoms with Crippen LogP contribution in [0.3, 0.4) is 0 Å². The van der Waals surface area contributed by atoms with Gasteiger partial charge in [-0.05, 0) is 67.3 Å². The van der Waals surface area contributed by atoms with Crippen LogP contribution in [-0.4, -0.2) is 50.9 Å². The number of methoxy groups -OCH3 is 1. The Morgan fingerprint density at radius 2 is 1.57 bits per heavy atom. The summed E-state index contributed by atoms with van der Waals surface area (Å²) < 4.78 is 35.9. The lowest BCUT2D eigenvalue weighted by atomic mass is 10.0. The van der Waals surface area contributed by atoms with Gasteiger partial charge in [0.2, 0.25) is 11.8 Å². The number of nitrogens with zero attached hydrogens (tertiary/aromatic N) is 2. The number of sulfonamides is 1. The maximum Gasteiger partial charge on any atom is 0.264 e. The molecule has 1 aliphatic carbocycles. The first kappa shape index (κ1) is 34.2. The number of aryl methyl sites for hydroxylation is 1. The van der Waals surface area contributed by atoms with Gasteiger partial charge in [0.25, 0.3) is 10.0 Å². The van der Waals surface area contributed by atoms with Crippen LogP contribution in [0.25, 0.3) is 0 Å². The van der Waals surface area contributed by atoms with E-state index in [9.17, 15) is 18.0 Å². The zero-order valence-corrected chi connectivity index (χ0v) is 29.0. The number of hydrogen-bond acceptors (Lipinski definition) is 5. The Balaban J connectivity index is 1.57. The van der Waals surface area contributed by atoms with Gasteiger partial charge < -0.3 is 15.0 Å². The van der Waals surface area contributed by atoms with Gasteiger partial charge in [-0.1, -0.05) is 95.0 Å². The second-order valence-electron chi connectivity index (χ2n) is 11.9. The van der Waals surface area contributed by atoms with Crippen LogP contribution in [0.2, 0.25) is 0 Å². The Morgan fingerprint density at radius 1 is 0.894 bits per heavy atom. The molecule has 47 heavy (non-hydrogen) atoms. The van der Waals surface area contributed by atoms with Gasteiger partial charge in [-0.25, -0.2) is 8.42 Å². The van der Waals surface area contributed by atoms with Crippen molar-refractivity contribution in [2.75, 3.05) is 18.0 Å². The molecule has 0 heterocycles. The van der Waals surface area contributed by atoms with E-state index >= 15 is 0 Å². The van der Waals surface area contributed by atoms with Gasteiger partial charge in [0.1, 0.15) is 18.3 Å². The molecule has 0 radical (unpaired) electrons. The van der Waals surface area contributed by atoms with Gasteiger partial charge >= 0.3 is 0 Å². The molecule has 1 unspecified atom stereocenters. The lowest BCUT2D eigenvalue weighted by molar-refractivity contribution is -0.140. The summed E-state index contributed by atoms with van der Waals surface area (Å²) in [5, 5.41) is 3.20. The molecule has 8 nitrogen and oxygen atoms in total. The van der Waals surface area contributed by atoms with Crippen molar-refractivity contribution in [3.8, 4) is 5.75 Å². The van der Waals surface area contributed by atoms with Crippen molar-refractivity contribution >= 4 is 43.5 Å². The molecule has 0 bridgehead atoms. The summed E-state index contributed by atoms with van der Waals surface area (Å²) in [7, 11) is -2.70. The molecule has 0 aromatic heterocycles. The number of ether oxygens (including phenoxy) is 1. The Bertz CT molecular complexity index is 1760. The minimum Gasteiger partial charge on any atom is -0.497 e. The average Bonchev–Trinajstić information content (AvgIpc) is 3.59. The van der Waals surface area contributed by atoms with E-state index in [1.54, 1.807) is 36.4 Å². The normalized spacial score (nSPS) is 13.9. The third-order valence-corrected chi connectivity index (χ3v) is 10.8. The first-order valence-corrected chi connectivity index (χ1v) is 18.0. The molecule has 1 atom stereocenters. The van der Waals surface area contributed by atoms with Crippen LogP contribution in [0.5, 0.6) is 5.75 Å². The monoisotopic (exact) mass is 717 g/mol. The smallest absolute Gasteiger partial charge is 0.264 e. The molecule has 1 aliphatic rings. The summed E-state index contributed by atoms with van der Waals surface area (Å²) in [5.74, 6) is -0.307. The first-order chi connectivity index (χ1) is 22.6. The molecule has 1 fully saturated rings. The Morgan fingerprint density at radius 3 is 2.23 bits per heavy atom. The van der Waals surface area contributed by atoms with Crippen molar-refractivity contribution in [3.05, 3.63) is 124 Å². The number of anilines is 1. The maximum atomic E-state index is 14.7. The van der Waals surface area contributed by atoms with Crippen LogP contribution in [0, 0.1) is 6.92 Å². The Labute approximate surface area is 285 Å². The molecule has 10 heteroatoms. The van der Waals surface area contributed by atoms with Crippen molar-refractivity contribution in [2.24, 2.45) is 0 Å². The summed E-state index contributed by atoms with van der Waals surface area (Å²) in [6.45, 7) is 1.46. The first-order valence-electron chi connectivity index (χ1n) is 15.8. The summed E-state index contributed by atoms with van der Waals surface area (Å²) in [6.07, 6.45) is 4.14. The zero-order valence-electron chi connectivity index (χ0n) is 26.6. The standard InChI is InChI=1S/C37H40BrN3O5S/c1-27-15-21-34(22-16-27)47(44,45)41(32-13-8-14-33(24-32)46-2)26-36(42)40(25-29-17-19-30(38)20-18-29)35(23-28-9-4-3-5-10-28)37(43)39-31-11-6-7-12-31/h3-5,8-10,13-22,24,31,35H,6-7,11-12,23,25-26H2,1-2H3,(H,39,43). The van der Waals surface area contributed by atoms with E-state index in [1.807, 2.05) is 61.5 Å². The number of halogens is 1. The molecule has 4 aromatic carbocycles. The Hall–Kier alpha value is -4.15. The maximum absolute atomic E-state index is 14.7. The van der Waals surface area contributed by atoms with Crippen molar-refractivity contribution < 1.29 is 22.7 Å². The molecule has 246 valence electrons. The fourth-order valence-electron chi connectivity index (χ4n) is 5.84. The van der Waals surface area contributed by atoms with E-state index in [2.05, 4.69) is 21.2 Å². The van der Waals surface area contributed by atoms with Gasteiger partial charge in [-0.2, -0.15) is 0 Å². The molecule has 4 aromatic rings. The van der Waals surface area contributed by atoms with E-state index in [0.717, 1.165) is 51.2 Å². The number of carbonyl (C=O) groups is 2. The molecule has 0 aliphatic heterocycles. The number of benzene rings is 4. The predicted octanol–water partition coefficient (Wildman–Crippen LogP) is 6.66. The highest BCUT2D eigenvalue weighted by Gasteiger charge is 2.35. The molecule has 0 spiro atoms. The fraction of sp³-hybridized carbons (Fsp3) is 0.297. The SMILES string of the molecule is COc1cccc(N(CC(=O)N(Cc2ccc(Br)cc2)C(Cc2ccccc2)C(=O)NC2CCCC2)S(=O)(=O)c2ccc(C)cc2)c1. The van der Waals surface area contributed by atoms with Gasteiger partial charge in [-0.15, -0.1) is 0 Å². The minimum absolute atomic E-state index is 0.0422. The van der Waals surface area contributed by atoms with Crippen molar-refractivity contribution in [1.82, 2.24) is 10.2 Å². The van der Waals surface area contributed by atoms with Gasteiger partial charge in [0.15, 0.2) is 0 Å². The number of rotatable bonds is 13. The minimum atomic E-state index is -4.20. The predicted molar refractivity (Wildman–Crippen MR) is 188 cm³/mol. The molecular weight excluding hydrogens is 678 g/mol. The molecule has 1 saturated carbocycles. The lowest BCUT2D eigenvalue weighted by Gasteiger charge is -2.34. The molecule has 2 amide bonds. The summed E-state index contributed by atoms with van der Waals surface area (Å²) in [4.78, 5) is 30.4. The largest absolute Gasteiger partial charge is 0.497 e. The molecule has 5 rings (SSSR count). The highest BCUT2D eigenvalue weighted by atomic mass is 79.9. The van der Waals surface area contributed by atoms with Crippen molar-refractivity contribution in [2.45, 2.75) is 62.6 Å².